The Balaban J connectivity index is 1.86. The summed E-state index contributed by atoms with van der Waals surface area (Å²) in [6.07, 6.45) is 1.82. The molecule has 0 aliphatic rings. The van der Waals surface area contributed by atoms with Gasteiger partial charge in [0.2, 0.25) is 5.91 Å². The third-order valence-electron chi connectivity index (χ3n) is 2.87. The zero-order valence-corrected chi connectivity index (χ0v) is 14.9. The minimum absolute atomic E-state index is 0.109. The van der Waals surface area contributed by atoms with Gasteiger partial charge < -0.3 is 10.6 Å². The zero-order chi connectivity index (χ0) is 16.1. The van der Waals surface area contributed by atoms with E-state index in [1.165, 1.54) is 10.9 Å². The number of hydrogen-bond donors (Lipinski definition) is 2. The summed E-state index contributed by atoms with van der Waals surface area (Å²) < 4.78 is 2.59. The number of halogens is 2. The molecule has 0 unspecified atom stereocenters. The highest BCUT2D eigenvalue weighted by atomic mass is 79.9. The van der Waals surface area contributed by atoms with Crippen LogP contribution in [0.2, 0.25) is 0 Å². The fourth-order valence-electron chi connectivity index (χ4n) is 1.70. The summed E-state index contributed by atoms with van der Waals surface area (Å²) in [6, 6.07) is 7.35. The van der Waals surface area contributed by atoms with Crippen LogP contribution >= 0.6 is 31.9 Å². The molecule has 1 heterocycles. The molecule has 0 aliphatic carbocycles. The number of carbonyl (C=O) groups is 1. The van der Waals surface area contributed by atoms with E-state index in [1.54, 1.807) is 7.05 Å². The quantitative estimate of drug-likeness (QED) is 0.766. The van der Waals surface area contributed by atoms with Gasteiger partial charge >= 0.3 is 0 Å². The van der Waals surface area contributed by atoms with Crippen LogP contribution in [0.1, 0.15) is 6.42 Å². The predicted octanol–water partition coefficient (Wildman–Crippen LogP) is 2.75. The number of nitrogens with one attached hydrogen (secondary N) is 2. The van der Waals surface area contributed by atoms with E-state index in [2.05, 4.69) is 47.6 Å². The van der Waals surface area contributed by atoms with Gasteiger partial charge in [0, 0.05) is 30.2 Å². The Hall–Kier alpha value is -1.67. The van der Waals surface area contributed by atoms with E-state index < -0.39 is 0 Å². The van der Waals surface area contributed by atoms with Gasteiger partial charge in [-0.05, 0) is 40.2 Å². The molecule has 0 bridgehead atoms. The van der Waals surface area contributed by atoms with Crippen molar-refractivity contribution in [3.8, 4) is 0 Å². The van der Waals surface area contributed by atoms with Crippen molar-refractivity contribution in [1.82, 2.24) is 9.78 Å². The summed E-state index contributed by atoms with van der Waals surface area (Å²) >= 11 is 6.55. The normalized spacial score (nSPS) is 10.3. The van der Waals surface area contributed by atoms with Gasteiger partial charge in [0.25, 0.3) is 5.56 Å². The highest BCUT2D eigenvalue weighted by molar-refractivity contribution is 9.10. The van der Waals surface area contributed by atoms with E-state index in [9.17, 15) is 9.59 Å². The van der Waals surface area contributed by atoms with Gasteiger partial charge in [0.15, 0.2) is 0 Å². The number of rotatable bonds is 5. The molecule has 0 fully saturated rings. The molecule has 8 heteroatoms. The second kappa shape index (κ2) is 7.55. The van der Waals surface area contributed by atoms with Gasteiger partial charge in [-0.15, -0.1) is 0 Å². The van der Waals surface area contributed by atoms with Crippen LogP contribution in [0.3, 0.4) is 0 Å². The smallest absolute Gasteiger partial charge is 0.282 e. The largest absolute Gasteiger partial charge is 0.382 e. The van der Waals surface area contributed by atoms with Crippen LogP contribution < -0.4 is 16.2 Å². The maximum atomic E-state index is 11.8. The number of amides is 1. The van der Waals surface area contributed by atoms with Crippen molar-refractivity contribution < 1.29 is 4.79 Å². The Morgan fingerprint density at radius 2 is 1.95 bits per heavy atom. The SMILES string of the molecule is Cn1ncc(NCCC(=O)Nc2ccc(Br)cc2)c(Br)c1=O. The van der Waals surface area contributed by atoms with Gasteiger partial charge in [-0.3, -0.25) is 9.59 Å². The van der Waals surface area contributed by atoms with Gasteiger partial charge in [-0.1, -0.05) is 15.9 Å². The Kier molecular flexibility index (Phi) is 5.73. The van der Waals surface area contributed by atoms with E-state index in [1.807, 2.05) is 24.3 Å². The maximum absolute atomic E-state index is 11.8. The van der Waals surface area contributed by atoms with E-state index in [0.29, 0.717) is 16.7 Å². The second-order valence-corrected chi connectivity index (χ2v) is 6.24. The molecule has 0 radical (unpaired) electrons. The van der Waals surface area contributed by atoms with Gasteiger partial charge in [-0.2, -0.15) is 5.10 Å². The lowest BCUT2D eigenvalue weighted by Gasteiger charge is -2.09. The molecular weight excluding hydrogens is 416 g/mol. The third kappa shape index (κ3) is 4.41. The fraction of sp³-hybridized carbons (Fsp3) is 0.214. The van der Waals surface area contributed by atoms with Crippen LogP contribution in [0.5, 0.6) is 0 Å². The topological polar surface area (TPSA) is 76.0 Å². The van der Waals surface area contributed by atoms with Gasteiger partial charge in [-0.25, -0.2) is 4.68 Å². The summed E-state index contributed by atoms with van der Waals surface area (Å²) in [5.41, 5.74) is 1.08. The number of carbonyl (C=O) groups excluding carboxylic acids is 1. The van der Waals surface area contributed by atoms with Crippen LogP contribution in [0, 0.1) is 0 Å². The standard InChI is InChI=1S/C14H14Br2N4O2/c1-20-14(22)13(16)11(8-18-20)17-7-6-12(21)19-10-4-2-9(15)3-5-10/h2-5,8,17H,6-7H2,1H3,(H,19,21). The number of aryl methyl sites for hydroxylation is 1. The highest BCUT2D eigenvalue weighted by Crippen LogP contribution is 2.16. The van der Waals surface area contributed by atoms with E-state index in [-0.39, 0.29) is 17.9 Å². The first-order valence-electron chi connectivity index (χ1n) is 6.48. The Morgan fingerprint density at radius 1 is 1.27 bits per heavy atom. The molecule has 2 aromatic rings. The van der Waals surface area contributed by atoms with Crippen molar-refractivity contribution >= 4 is 49.1 Å². The summed E-state index contributed by atoms with van der Waals surface area (Å²) in [5, 5.41) is 9.73. The fourth-order valence-corrected chi connectivity index (χ4v) is 2.46. The molecule has 1 aromatic carbocycles. The third-order valence-corrected chi connectivity index (χ3v) is 4.17. The van der Waals surface area contributed by atoms with Crippen LogP contribution in [0.25, 0.3) is 0 Å². The first-order chi connectivity index (χ1) is 10.5. The lowest BCUT2D eigenvalue weighted by Crippen LogP contribution is -2.22. The molecule has 0 spiro atoms. The van der Waals surface area contributed by atoms with Crippen molar-refractivity contribution in [2.45, 2.75) is 6.42 Å². The Morgan fingerprint density at radius 3 is 2.64 bits per heavy atom. The molecular formula is C14H14Br2N4O2. The highest BCUT2D eigenvalue weighted by Gasteiger charge is 2.07. The molecule has 116 valence electrons. The van der Waals surface area contributed by atoms with E-state index >= 15 is 0 Å². The zero-order valence-electron chi connectivity index (χ0n) is 11.8. The Labute approximate surface area is 144 Å². The first-order valence-corrected chi connectivity index (χ1v) is 8.07. The summed E-state index contributed by atoms with van der Waals surface area (Å²) in [5.74, 6) is -0.109. The number of anilines is 2. The van der Waals surface area contributed by atoms with Crippen LogP contribution in [-0.4, -0.2) is 22.2 Å². The number of benzene rings is 1. The second-order valence-electron chi connectivity index (χ2n) is 4.53. The van der Waals surface area contributed by atoms with Crippen molar-refractivity contribution in [2.75, 3.05) is 17.2 Å². The molecule has 2 N–H and O–H groups in total. The van der Waals surface area contributed by atoms with Crippen molar-refractivity contribution in [3.05, 3.63) is 49.8 Å². The minimum atomic E-state index is -0.232. The molecule has 0 saturated carbocycles. The lowest BCUT2D eigenvalue weighted by molar-refractivity contribution is -0.115. The molecule has 6 nitrogen and oxygen atoms in total. The summed E-state index contributed by atoms with van der Waals surface area (Å²) in [4.78, 5) is 23.5. The van der Waals surface area contributed by atoms with Gasteiger partial charge in [0.05, 0.1) is 11.9 Å². The van der Waals surface area contributed by atoms with Crippen molar-refractivity contribution in [1.29, 1.82) is 0 Å². The number of nitrogens with zero attached hydrogens (tertiary/aromatic N) is 2. The number of aromatic nitrogens is 2. The van der Waals surface area contributed by atoms with E-state index in [4.69, 9.17) is 0 Å². The van der Waals surface area contributed by atoms with Crippen LogP contribution in [-0.2, 0) is 11.8 Å². The molecule has 1 amide bonds. The molecule has 2 rings (SSSR count). The van der Waals surface area contributed by atoms with Crippen LogP contribution in [0.4, 0.5) is 11.4 Å². The summed E-state index contributed by atoms with van der Waals surface area (Å²) in [7, 11) is 1.57. The summed E-state index contributed by atoms with van der Waals surface area (Å²) in [6.45, 7) is 0.399. The first kappa shape index (κ1) is 16.7. The van der Waals surface area contributed by atoms with E-state index in [0.717, 1.165) is 10.2 Å². The minimum Gasteiger partial charge on any atom is -0.382 e. The average molecular weight is 430 g/mol. The average Bonchev–Trinajstić information content (AvgIpc) is 2.49. The lowest BCUT2D eigenvalue weighted by atomic mass is 10.3. The monoisotopic (exact) mass is 428 g/mol. The molecule has 22 heavy (non-hydrogen) atoms. The molecule has 1 aromatic heterocycles. The predicted molar refractivity (Wildman–Crippen MR) is 93.1 cm³/mol. The van der Waals surface area contributed by atoms with Crippen LogP contribution in [0.15, 0.2) is 44.2 Å². The molecule has 0 aliphatic heterocycles. The van der Waals surface area contributed by atoms with Crippen molar-refractivity contribution in [3.63, 3.8) is 0 Å². The van der Waals surface area contributed by atoms with Gasteiger partial charge in [0.1, 0.15) is 4.47 Å². The van der Waals surface area contributed by atoms with Crippen molar-refractivity contribution in [2.24, 2.45) is 7.05 Å². The number of hydrogen-bond acceptors (Lipinski definition) is 4. The molecule has 0 saturated heterocycles. The maximum Gasteiger partial charge on any atom is 0.282 e. The Bertz CT molecular complexity index is 729. The molecule has 0 atom stereocenters.